The van der Waals surface area contributed by atoms with Gasteiger partial charge in [-0.3, -0.25) is 4.31 Å². The Morgan fingerprint density at radius 3 is 2.22 bits per heavy atom. The maximum Gasteiger partial charge on any atom is 0.416 e. The fourth-order valence-corrected chi connectivity index (χ4v) is 3.29. The third-order valence-electron chi connectivity index (χ3n) is 3.26. The summed E-state index contributed by atoms with van der Waals surface area (Å²) in [7, 11) is -4.14. The second kappa shape index (κ2) is 7.95. The molecule has 0 amide bonds. The molecule has 0 atom stereocenters. The van der Waals surface area contributed by atoms with Crippen LogP contribution in [0.15, 0.2) is 42.5 Å². The fraction of sp³-hybridized carbons (Fsp3) is 0.188. The van der Waals surface area contributed by atoms with E-state index in [0.29, 0.717) is 21.5 Å². The molecule has 0 radical (unpaired) electrons. The standard InChI is InChI=1S/C16H12Cl2F3NO4S/c1-27(24,25)22(9-15(23)26-12-5-3-11(17)4-6-12)14-8-10(16(19,20)21)2-7-13(14)18/h2-8H,9H2,1H3. The first-order chi connectivity index (χ1) is 12.4. The van der Waals surface area contributed by atoms with Gasteiger partial charge >= 0.3 is 12.1 Å². The summed E-state index contributed by atoms with van der Waals surface area (Å²) in [5, 5.41) is 0.121. The summed E-state index contributed by atoms with van der Waals surface area (Å²) in [5.41, 5.74) is -1.59. The van der Waals surface area contributed by atoms with Crippen molar-refractivity contribution >= 4 is 44.9 Å². The number of rotatable bonds is 5. The van der Waals surface area contributed by atoms with E-state index in [0.717, 1.165) is 12.3 Å². The minimum Gasteiger partial charge on any atom is -0.425 e. The quantitative estimate of drug-likeness (QED) is 0.509. The van der Waals surface area contributed by atoms with Crippen LogP contribution in [-0.4, -0.2) is 27.2 Å². The minimum atomic E-state index is -4.72. The van der Waals surface area contributed by atoms with Gasteiger partial charge in [0.1, 0.15) is 12.3 Å². The summed E-state index contributed by atoms with van der Waals surface area (Å²) in [6.07, 6.45) is -3.98. The first-order valence-electron chi connectivity index (χ1n) is 7.18. The first kappa shape index (κ1) is 21.3. The van der Waals surface area contributed by atoms with Crippen LogP contribution < -0.4 is 9.04 Å². The van der Waals surface area contributed by atoms with Gasteiger partial charge < -0.3 is 4.74 Å². The van der Waals surface area contributed by atoms with Gasteiger partial charge in [0, 0.05) is 5.02 Å². The molecule has 0 aromatic heterocycles. The van der Waals surface area contributed by atoms with Gasteiger partial charge in [-0.25, -0.2) is 13.2 Å². The van der Waals surface area contributed by atoms with E-state index >= 15 is 0 Å². The lowest BCUT2D eigenvalue weighted by atomic mass is 10.2. The molecule has 2 rings (SSSR count). The predicted molar refractivity (Wildman–Crippen MR) is 95.7 cm³/mol. The number of benzene rings is 2. The number of halogens is 5. The molecule has 11 heteroatoms. The first-order valence-corrected chi connectivity index (χ1v) is 9.79. The van der Waals surface area contributed by atoms with E-state index in [1.807, 2.05) is 0 Å². The van der Waals surface area contributed by atoms with Gasteiger partial charge in [-0.2, -0.15) is 13.2 Å². The summed E-state index contributed by atoms with van der Waals surface area (Å²) in [4.78, 5) is 12.1. The lowest BCUT2D eigenvalue weighted by Crippen LogP contribution is -2.37. The highest BCUT2D eigenvalue weighted by Crippen LogP contribution is 2.36. The SMILES string of the molecule is CS(=O)(=O)N(CC(=O)Oc1ccc(Cl)cc1)c1cc(C(F)(F)F)ccc1Cl. The number of sulfonamides is 1. The summed E-state index contributed by atoms with van der Waals surface area (Å²) >= 11 is 11.6. The molecule has 0 saturated carbocycles. The Balaban J connectivity index is 2.34. The molecular weight excluding hydrogens is 430 g/mol. The highest BCUT2D eigenvalue weighted by Gasteiger charge is 2.33. The number of hydrogen-bond acceptors (Lipinski definition) is 4. The normalized spacial score (nSPS) is 11.9. The van der Waals surface area contributed by atoms with Crippen LogP contribution in [0.2, 0.25) is 10.0 Å². The molecule has 0 aliphatic carbocycles. The van der Waals surface area contributed by atoms with Crippen molar-refractivity contribution < 1.29 is 31.1 Å². The zero-order chi connectivity index (χ0) is 20.4. The molecular formula is C16H12Cl2F3NO4S. The number of esters is 1. The lowest BCUT2D eigenvalue weighted by molar-refractivity contribution is -0.137. The molecule has 0 aliphatic heterocycles. The molecule has 0 saturated heterocycles. The minimum absolute atomic E-state index is 0.0907. The zero-order valence-corrected chi connectivity index (χ0v) is 16.0. The molecule has 0 unspecified atom stereocenters. The molecule has 5 nitrogen and oxygen atoms in total. The number of ether oxygens (including phenoxy) is 1. The second-order valence-electron chi connectivity index (χ2n) is 5.36. The van der Waals surface area contributed by atoms with Crippen molar-refractivity contribution in [2.24, 2.45) is 0 Å². The molecule has 0 heterocycles. The van der Waals surface area contributed by atoms with E-state index in [1.54, 1.807) is 0 Å². The van der Waals surface area contributed by atoms with Crippen LogP contribution in [0.1, 0.15) is 5.56 Å². The number of hydrogen-bond donors (Lipinski definition) is 0. The molecule has 146 valence electrons. The average Bonchev–Trinajstić information content (AvgIpc) is 2.53. The van der Waals surface area contributed by atoms with Crippen LogP contribution >= 0.6 is 23.2 Å². The summed E-state index contributed by atoms with van der Waals surface area (Å²) < 4.78 is 68.3. The van der Waals surface area contributed by atoms with Crippen molar-refractivity contribution in [3.05, 3.63) is 58.1 Å². The number of alkyl halides is 3. The predicted octanol–water partition coefficient (Wildman–Crippen LogP) is 4.38. The number of nitrogens with zero attached hydrogens (tertiary/aromatic N) is 1. The Labute approximate surface area is 163 Å². The van der Waals surface area contributed by atoms with Gasteiger partial charge in [-0.15, -0.1) is 0 Å². The smallest absolute Gasteiger partial charge is 0.416 e. The van der Waals surface area contributed by atoms with Crippen LogP contribution in [-0.2, 0) is 21.0 Å². The Bertz CT molecular complexity index is 947. The van der Waals surface area contributed by atoms with Crippen molar-refractivity contribution in [1.82, 2.24) is 0 Å². The van der Waals surface area contributed by atoms with E-state index < -0.39 is 40.0 Å². The fourth-order valence-electron chi connectivity index (χ4n) is 2.04. The van der Waals surface area contributed by atoms with E-state index in [4.69, 9.17) is 27.9 Å². The van der Waals surface area contributed by atoms with Crippen molar-refractivity contribution in [3.63, 3.8) is 0 Å². The molecule has 0 aliphatic rings. The van der Waals surface area contributed by atoms with Crippen LogP contribution in [0.25, 0.3) is 0 Å². The number of carbonyl (C=O) groups excluding carboxylic acids is 1. The van der Waals surface area contributed by atoms with Crippen molar-refractivity contribution in [2.45, 2.75) is 6.18 Å². The van der Waals surface area contributed by atoms with Gasteiger partial charge in [0.05, 0.1) is 22.5 Å². The topological polar surface area (TPSA) is 63.7 Å². The van der Waals surface area contributed by atoms with Gasteiger partial charge in [0.2, 0.25) is 10.0 Å². The van der Waals surface area contributed by atoms with Gasteiger partial charge in [0.15, 0.2) is 0 Å². The van der Waals surface area contributed by atoms with E-state index in [1.165, 1.54) is 24.3 Å². The molecule has 2 aromatic rings. The molecule has 0 bridgehead atoms. The van der Waals surface area contributed by atoms with Gasteiger partial charge in [-0.05, 0) is 42.5 Å². The highest BCUT2D eigenvalue weighted by molar-refractivity contribution is 7.92. The van der Waals surface area contributed by atoms with E-state index in [2.05, 4.69) is 0 Å². The molecule has 0 N–H and O–H groups in total. The van der Waals surface area contributed by atoms with Gasteiger partial charge in [-0.1, -0.05) is 23.2 Å². The third-order valence-corrected chi connectivity index (χ3v) is 4.96. The Kier molecular flexibility index (Phi) is 6.28. The van der Waals surface area contributed by atoms with E-state index in [-0.39, 0.29) is 10.8 Å². The average molecular weight is 442 g/mol. The summed E-state index contributed by atoms with van der Waals surface area (Å²) in [5.74, 6) is -0.927. The summed E-state index contributed by atoms with van der Waals surface area (Å²) in [6.45, 7) is -0.873. The van der Waals surface area contributed by atoms with Crippen molar-refractivity contribution in [2.75, 3.05) is 17.1 Å². The van der Waals surface area contributed by atoms with E-state index in [9.17, 15) is 26.4 Å². The molecule has 27 heavy (non-hydrogen) atoms. The zero-order valence-electron chi connectivity index (χ0n) is 13.6. The van der Waals surface area contributed by atoms with Crippen LogP contribution in [0.4, 0.5) is 18.9 Å². The Morgan fingerprint density at radius 1 is 1.11 bits per heavy atom. The van der Waals surface area contributed by atoms with Crippen molar-refractivity contribution in [1.29, 1.82) is 0 Å². The molecule has 0 spiro atoms. The maximum atomic E-state index is 12.9. The largest absolute Gasteiger partial charge is 0.425 e. The highest BCUT2D eigenvalue weighted by atomic mass is 35.5. The monoisotopic (exact) mass is 441 g/mol. The number of carbonyl (C=O) groups is 1. The number of anilines is 1. The summed E-state index contributed by atoms with van der Waals surface area (Å²) in [6, 6.07) is 7.81. The lowest BCUT2D eigenvalue weighted by Gasteiger charge is -2.23. The molecule has 2 aromatic carbocycles. The Morgan fingerprint density at radius 2 is 1.70 bits per heavy atom. The Hall–Kier alpha value is -1.97. The second-order valence-corrected chi connectivity index (χ2v) is 8.11. The van der Waals surface area contributed by atoms with Crippen molar-refractivity contribution in [3.8, 4) is 5.75 Å². The van der Waals surface area contributed by atoms with Crippen LogP contribution in [0.3, 0.4) is 0 Å². The van der Waals surface area contributed by atoms with Gasteiger partial charge in [0.25, 0.3) is 0 Å². The van der Waals surface area contributed by atoms with Crippen LogP contribution in [0.5, 0.6) is 5.75 Å². The molecule has 0 fully saturated rings. The maximum absolute atomic E-state index is 12.9. The van der Waals surface area contributed by atoms with Crippen LogP contribution in [0, 0.1) is 0 Å². The third kappa shape index (κ3) is 5.75.